The first-order chi connectivity index (χ1) is 9.27. The van der Waals surface area contributed by atoms with Crippen LogP contribution in [0.1, 0.15) is 24.3 Å². The lowest BCUT2D eigenvalue weighted by molar-refractivity contribution is 0.471. The van der Waals surface area contributed by atoms with Crippen molar-refractivity contribution in [2.24, 2.45) is 0 Å². The number of hydrogen-bond acceptors (Lipinski definition) is 4. The van der Waals surface area contributed by atoms with Gasteiger partial charge in [-0.1, -0.05) is 6.07 Å². The van der Waals surface area contributed by atoms with Crippen LogP contribution in [0.3, 0.4) is 0 Å². The van der Waals surface area contributed by atoms with Gasteiger partial charge in [-0.15, -0.1) is 0 Å². The minimum atomic E-state index is -3.21. The van der Waals surface area contributed by atoms with Crippen molar-refractivity contribution in [2.75, 3.05) is 11.6 Å². The van der Waals surface area contributed by atoms with Crippen molar-refractivity contribution in [3.8, 4) is 0 Å². The van der Waals surface area contributed by atoms with Gasteiger partial charge >= 0.3 is 0 Å². The van der Waals surface area contributed by atoms with Gasteiger partial charge in [-0.3, -0.25) is 0 Å². The number of hydrogen-bond donors (Lipinski definition) is 1. The van der Waals surface area contributed by atoms with E-state index in [1.54, 1.807) is 18.2 Å². The van der Waals surface area contributed by atoms with Gasteiger partial charge in [0.15, 0.2) is 14.5 Å². The standard InChI is InChI=1S/C14H16BrNO3S/c1-9-4-5-11(20(3,17)18)8-12(9)16-10(2)13-6-7-14(15)19-13/h4-8,10,16H,1-3H3. The molecule has 0 saturated heterocycles. The molecule has 1 unspecified atom stereocenters. The Labute approximate surface area is 127 Å². The largest absolute Gasteiger partial charge is 0.452 e. The van der Waals surface area contributed by atoms with Crippen LogP contribution in [0.15, 0.2) is 44.3 Å². The van der Waals surface area contributed by atoms with Crippen molar-refractivity contribution in [1.29, 1.82) is 0 Å². The van der Waals surface area contributed by atoms with E-state index in [-0.39, 0.29) is 6.04 Å². The summed E-state index contributed by atoms with van der Waals surface area (Å²) in [6.07, 6.45) is 1.20. The van der Waals surface area contributed by atoms with Gasteiger partial charge in [-0.05, 0) is 59.6 Å². The van der Waals surface area contributed by atoms with Crippen LogP contribution in [0.25, 0.3) is 0 Å². The zero-order valence-corrected chi connectivity index (χ0v) is 13.9. The minimum absolute atomic E-state index is 0.0604. The van der Waals surface area contributed by atoms with Crippen LogP contribution >= 0.6 is 15.9 Å². The SMILES string of the molecule is Cc1ccc(S(C)(=O)=O)cc1NC(C)c1ccc(Br)o1. The molecule has 2 rings (SSSR count). The van der Waals surface area contributed by atoms with Crippen LogP contribution in [-0.2, 0) is 9.84 Å². The maximum atomic E-state index is 11.6. The zero-order valence-electron chi connectivity index (χ0n) is 11.5. The molecule has 0 amide bonds. The number of aryl methyl sites for hydroxylation is 1. The molecule has 0 spiro atoms. The lowest BCUT2D eigenvalue weighted by atomic mass is 10.1. The average Bonchev–Trinajstić information content (AvgIpc) is 2.77. The van der Waals surface area contributed by atoms with Crippen LogP contribution < -0.4 is 5.32 Å². The van der Waals surface area contributed by atoms with Gasteiger partial charge in [0, 0.05) is 11.9 Å². The maximum absolute atomic E-state index is 11.6. The Morgan fingerprint density at radius 1 is 1.25 bits per heavy atom. The van der Waals surface area contributed by atoms with E-state index in [4.69, 9.17) is 4.42 Å². The number of furan rings is 1. The molecule has 108 valence electrons. The highest BCUT2D eigenvalue weighted by Crippen LogP contribution is 2.27. The third kappa shape index (κ3) is 3.43. The minimum Gasteiger partial charge on any atom is -0.452 e. The highest BCUT2D eigenvalue weighted by Gasteiger charge is 2.13. The van der Waals surface area contributed by atoms with E-state index in [0.29, 0.717) is 9.56 Å². The molecular formula is C14H16BrNO3S. The predicted molar refractivity (Wildman–Crippen MR) is 82.7 cm³/mol. The fourth-order valence-electron chi connectivity index (χ4n) is 1.85. The van der Waals surface area contributed by atoms with Gasteiger partial charge < -0.3 is 9.73 Å². The molecule has 1 atom stereocenters. The second-order valence-electron chi connectivity index (χ2n) is 4.76. The third-order valence-corrected chi connectivity index (χ3v) is 4.57. The normalized spacial score (nSPS) is 13.2. The first-order valence-electron chi connectivity index (χ1n) is 6.10. The van der Waals surface area contributed by atoms with E-state index in [1.165, 1.54) is 6.26 Å². The summed E-state index contributed by atoms with van der Waals surface area (Å²) < 4.78 is 29.4. The number of nitrogens with one attached hydrogen (secondary N) is 1. The molecule has 0 saturated carbocycles. The Bertz CT molecular complexity index is 722. The first-order valence-corrected chi connectivity index (χ1v) is 8.78. The summed E-state index contributed by atoms with van der Waals surface area (Å²) in [6, 6.07) is 8.70. The average molecular weight is 358 g/mol. The Morgan fingerprint density at radius 3 is 2.50 bits per heavy atom. The number of sulfone groups is 1. The number of halogens is 1. The summed E-state index contributed by atoms with van der Waals surface area (Å²) in [7, 11) is -3.21. The molecule has 0 aliphatic heterocycles. The fourth-order valence-corrected chi connectivity index (χ4v) is 2.82. The van der Waals surface area contributed by atoms with Gasteiger partial charge in [-0.2, -0.15) is 0 Å². The molecule has 1 aromatic carbocycles. The lowest BCUT2D eigenvalue weighted by Gasteiger charge is -2.16. The first kappa shape index (κ1) is 15.1. The molecule has 1 heterocycles. The molecule has 0 aliphatic rings. The van der Waals surface area contributed by atoms with E-state index in [9.17, 15) is 8.42 Å². The van der Waals surface area contributed by atoms with Crippen molar-refractivity contribution < 1.29 is 12.8 Å². The summed E-state index contributed by atoms with van der Waals surface area (Å²) >= 11 is 3.26. The Morgan fingerprint density at radius 2 is 1.95 bits per heavy atom. The van der Waals surface area contributed by atoms with E-state index in [0.717, 1.165) is 17.0 Å². The molecule has 0 radical (unpaired) electrons. The van der Waals surface area contributed by atoms with Gasteiger partial charge in [0.1, 0.15) is 5.76 Å². The van der Waals surface area contributed by atoms with Gasteiger partial charge in [-0.25, -0.2) is 8.42 Å². The molecular weight excluding hydrogens is 342 g/mol. The van der Waals surface area contributed by atoms with Crippen molar-refractivity contribution in [2.45, 2.75) is 24.8 Å². The Hall–Kier alpha value is -1.27. The molecule has 0 bridgehead atoms. The Balaban J connectivity index is 2.29. The topological polar surface area (TPSA) is 59.3 Å². The fraction of sp³-hybridized carbons (Fsp3) is 0.286. The summed E-state index contributed by atoms with van der Waals surface area (Å²) in [4.78, 5) is 0.304. The number of anilines is 1. The third-order valence-electron chi connectivity index (χ3n) is 3.03. The molecule has 4 nitrogen and oxygen atoms in total. The molecule has 1 aromatic heterocycles. The van der Waals surface area contributed by atoms with Crippen LogP contribution in [-0.4, -0.2) is 14.7 Å². The van der Waals surface area contributed by atoms with Crippen LogP contribution in [0.2, 0.25) is 0 Å². The summed E-state index contributed by atoms with van der Waals surface area (Å²) in [5.74, 6) is 0.779. The molecule has 1 N–H and O–H groups in total. The highest BCUT2D eigenvalue weighted by molar-refractivity contribution is 9.10. The van der Waals surface area contributed by atoms with E-state index < -0.39 is 9.84 Å². The van der Waals surface area contributed by atoms with Gasteiger partial charge in [0.2, 0.25) is 0 Å². The quantitative estimate of drug-likeness (QED) is 0.900. The monoisotopic (exact) mass is 357 g/mol. The van der Waals surface area contributed by atoms with Crippen LogP contribution in [0.4, 0.5) is 5.69 Å². The van der Waals surface area contributed by atoms with Crippen molar-refractivity contribution in [3.05, 3.63) is 46.3 Å². The van der Waals surface area contributed by atoms with E-state index in [1.807, 2.05) is 26.0 Å². The second-order valence-corrected chi connectivity index (χ2v) is 7.55. The zero-order chi connectivity index (χ0) is 14.9. The van der Waals surface area contributed by atoms with Gasteiger partial charge in [0.05, 0.1) is 10.9 Å². The number of rotatable bonds is 4. The van der Waals surface area contributed by atoms with Crippen molar-refractivity contribution in [3.63, 3.8) is 0 Å². The summed E-state index contributed by atoms with van der Waals surface area (Å²) in [5.41, 5.74) is 1.77. The lowest BCUT2D eigenvalue weighted by Crippen LogP contribution is -2.08. The highest BCUT2D eigenvalue weighted by atomic mass is 79.9. The van der Waals surface area contributed by atoms with Gasteiger partial charge in [0.25, 0.3) is 0 Å². The second kappa shape index (κ2) is 5.61. The van der Waals surface area contributed by atoms with Crippen LogP contribution in [0.5, 0.6) is 0 Å². The van der Waals surface area contributed by atoms with E-state index >= 15 is 0 Å². The van der Waals surface area contributed by atoms with Crippen molar-refractivity contribution in [1.82, 2.24) is 0 Å². The maximum Gasteiger partial charge on any atom is 0.175 e. The molecule has 6 heteroatoms. The predicted octanol–water partition coefficient (Wildman–Crippen LogP) is 3.93. The number of benzene rings is 1. The smallest absolute Gasteiger partial charge is 0.175 e. The molecule has 0 aliphatic carbocycles. The molecule has 0 fully saturated rings. The van der Waals surface area contributed by atoms with E-state index in [2.05, 4.69) is 21.2 Å². The van der Waals surface area contributed by atoms with Crippen molar-refractivity contribution >= 4 is 31.5 Å². The summed E-state index contributed by atoms with van der Waals surface area (Å²) in [5, 5.41) is 3.27. The Kier molecular flexibility index (Phi) is 4.25. The van der Waals surface area contributed by atoms with Crippen LogP contribution in [0, 0.1) is 6.92 Å². The summed E-state index contributed by atoms with van der Waals surface area (Å²) in [6.45, 7) is 3.89. The molecule has 2 aromatic rings. The molecule has 20 heavy (non-hydrogen) atoms.